The summed E-state index contributed by atoms with van der Waals surface area (Å²) in [6, 6.07) is -0.978. The molecule has 1 aromatic carbocycles. The van der Waals surface area contributed by atoms with Crippen LogP contribution in [0.25, 0.3) is 11.4 Å². The summed E-state index contributed by atoms with van der Waals surface area (Å²) >= 11 is 2.99. The van der Waals surface area contributed by atoms with Gasteiger partial charge in [0.25, 0.3) is 0 Å². The molecule has 1 heterocycles. The molecule has 0 saturated heterocycles. The maximum atomic E-state index is 7.79. The van der Waals surface area contributed by atoms with Gasteiger partial charge in [0.2, 0.25) is 0 Å². The first-order chi connectivity index (χ1) is 8.34. The van der Waals surface area contributed by atoms with Crippen LogP contribution in [0.5, 0.6) is 0 Å². The Kier molecular flexibility index (Phi) is 0.865. The van der Waals surface area contributed by atoms with Crippen LogP contribution < -0.4 is 0 Å². The molecule has 2 rings (SSSR count). The van der Waals surface area contributed by atoms with Crippen LogP contribution in [0.4, 0.5) is 0 Å². The molecule has 3 heteroatoms. The maximum Gasteiger partial charge on any atom is 0.137 e. The van der Waals surface area contributed by atoms with Crippen molar-refractivity contribution in [2.45, 2.75) is 0 Å². The second kappa shape index (κ2) is 3.11. The lowest BCUT2D eigenvalue weighted by Gasteiger charge is -1.95. The Morgan fingerprint density at radius 3 is 2.67 bits per heavy atom. The highest BCUT2D eigenvalue weighted by Gasteiger charge is 1.97. The molecule has 0 radical (unpaired) electrons. The number of imidazole rings is 1. The molecule has 0 fully saturated rings. The standard InChI is InChI=1S/C9H7BrN2/c10-8-3-1-7(2-4-8)9-11-5-6-12-9/h1-6H,(H,11,12)/i1D,2D,3D,4D,5D,6D. The van der Waals surface area contributed by atoms with Crippen molar-refractivity contribution in [2.24, 2.45) is 0 Å². The smallest absolute Gasteiger partial charge is 0.137 e. The molecule has 0 spiro atoms. The first-order valence-corrected chi connectivity index (χ1v) is 3.93. The summed E-state index contributed by atoms with van der Waals surface area (Å²) in [4.78, 5) is 6.18. The molecular weight excluding hydrogens is 216 g/mol. The number of benzene rings is 1. The van der Waals surface area contributed by atoms with E-state index in [0.29, 0.717) is 0 Å². The van der Waals surface area contributed by atoms with Crippen molar-refractivity contribution in [1.82, 2.24) is 9.97 Å². The van der Waals surface area contributed by atoms with Crippen LogP contribution in [-0.2, 0) is 0 Å². The van der Waals surface area contributed by atoms with E-state index in [1.54, 1.807) is 0 Å². The van der Waals surface area contributed by atoms with E-state index in [1.165, 1.54) is 0 Å². The number of halogens is 1. The Morgan fingerprint density at radius 2 is 2.08 bits per heavy atom. The largest absolute Gasteiger partial charge is 0.345 e. The van der Waals surface area contributed by atoms with Gasteiger partial charge >= 0.3 is 0 Å². The molecule has 0 saturated carbocycles. The van der Waals surface area contributed by atoms with Crippen LogP contribution in [0.15, 0.2) is 41.0 Å². The molecule has 0 atom stereocenters. The fraction of sp³-hybridized carbons (Fsp3) is 0. The molecule has 0 aliphatic rings. The zero-order chi connectivity index (χ0) is 13.6. The molecule has 0 unspecified atom stereocenters. The van der Waals surface area contributed by atoms with Crippen molar-refractivity contribution in [2.75, 3.05) is 0 Å². The molecule has 12 heavy (non-hydrogen) atoms. The third-order valence-corrected chi connectivity index (χ3v) is 1.63. The van der Waals surface area contributed by atoms with Crippen molar-refractivity contribution in [3.05, 3.63) is 41.0 Å². The van der Waals surface area contributed by atoms with Gasteiger partial charge in [0.05, 0.1) is 8.22 Å². The number of nitrogens with zero attached hydrogens (tertiary/aromatic N) is 1. The van der Waals surface area contributed by atoms with Crippen molar-refractivity contribution >= 4 is 15.9 Å². The molecular formula is C9H7BrN2. The first kappa shape index (κ1) is 3.34. The minimum absolute atomic E-state index is 0.00509. The van der Waals surface area contributed by atoms with E-state index < -0.39 is 0 Å². The summed E-state index contributed by atoms with van der Waals surface area (Å²) in [5.74, 6) is -0.00509. The summed E-state index contributed by atoms with van der Waals surface area (Å²) in [6.45, 7) is 0. The van der Waals surface area contributed by atoms with Crippen LogP contribution in [0.2, 0.25) is 0 Å². The van der Waals surface area contributed by atoms with E-state index in [4.69, 9.17) is 8.22 Å². The number of hydrogen-bond donors (Lipinski definition) is 1. The van der Waals surface area contributed by atoms with E-state index in [0.717, 1.165) is 0 Å². The Morgan fingerprint density at radius 1 is 1.33 bits per heavy atom. The number of aromatic nitrogens is 2. The minimum atomic E-state index is -0.301. The fourth-order valence-electron chi connectivity index (χ4n) is 0.733. The minimum Gasteiger partial charge on any atom is -0.345 e. The third kappa shape index (κ3) is 1.41. The Hall–Kier alpha value is -1.09. The molecule has 1 N–H and O–H groups in total. The SMILES string of the molecule is [2H]c1nc(-c2c([2H])c([2H])c(Br)c([2H])c2[2H])[nH]c1[2H]. The summed E-state index contributed by atoms with van der Waals surface area (Å²) in [5.41, 5.74) is -0.0415. The average Bonchev–Trinajstić information content (AvgIpc) is 2.64. The summed E-state index contributed by atoms with van der Waals surface area (Å²) in [5, 5.41) is 0. The lowest BCUT2D eigenvalue weighted by atomic mass is 10.2. The van der Waals surface area contributed by atoms with Gasteiger partial charge in [0.1, 0.15) is 5.82 Å². The highest BCUT2D eigenvalue weighted by molar-refractivity contribution is 9.10. The van der Waals surface area contributed by atoms with Crippen molar-refractivity contribution in [3.63, 3.8) is 0 Å². The summed E-state index contributed by atoms with van der Waals surface area (Å²) in [6.07, 6.45) is -0.533. The molecule has 60 valence electrons. The van der Waals surface area contributed by atoms with Gasteiger partial charge in [0.15, 0.2) is 0 Å². The van der Waals surface area contributed by atoms with Crippen molar-refractivity contribution < 1.29 is 8.22 Å². The molecule has 2 nitrogen and oxygen atoms in total. The molecule has 0 bridgehead atoms. The van der Waals surface area contributed by atoms with Gasteiger partial charge in [-0.25, -0.2) is 4.98 Å². The number of nitrogens with one attached hydrogen (secondary N) is 1. The summed E-state index contributed by atoms with van der Waals surface area (Å²) in [7, 11) is 0. The van der Waals surface area contributed by atoms with Gasteiger partial charge in [-0.05, 0) is 12.1 Å². The summed E-state index contributed by atoms with van der Waals surface area (Å²) < 4.78 is 45.6. The van der Waals surface area contributed by atoms with Crippen molar-refractivity contribution in [1.29, 1.82) is 0 Å². The van der Waals surface area contributed by atoms with Crippen LogP contribution in [-0.4, -0.2) is 9.97 Å². The van der Waals surface area contributed by atoms with Crippen LogP contribution >= 0.6 is 15.9 Å². The number of aromatic amines is 1. The number of rotatable bonds is 1. The van der Waals surface area contributed by atoms with Crippen LogP contribution in [0.3, 0.4) is 0 Å². The Balaban J connectivity index is 2.79. The van der Waals surface area contributed by atoms with Gasteiger partial charge in [-0.3, -0.25) is 0 Å². The number of H-pyrrole nitrogens is 1. The second-order valence-electron chi connectivity index (χ2n) is 2.01. The van der Waals surface area contributed by atoms with E-state index >= 15 is 0 Å². The van der Waals surface area contributed by atoms with Crippen molar-refractivity contribution in [3.8, 4) is 11.4 Å². The normalized spacial score (nSPS) is 17.1. The predicted octanol–water partition coefficient (Wildman–Crippen LogP) is 2.84. The Labute approximate surface area is 87.2 Å². The molecule has 0 amide bonds. The molecule has 0 aliphatic carbocycles. The average molecular weight is 229 g/mol. The lowest BCUT2D eigenvalue weighted by Crippen LogP contribution is -1.78. The van der Waals surface area contributed by atoms with E-state index in [2.05, 4.69) is 25.9 Å². The molecule has 0 aliphatic heterocycles. The monoisotopic (exact) mass is 228 g/mol. The fourth-order valence-corrected chi connectivity index (χ4v) is 0.931. The highest BCUT2D eigenvalue weighted by atomic mass is 79.9. The van der Waals surface area contributed by atoms with Gasteiger partial charge in [-0.15, -0.1) is 0 Å². The quantitative estimate of drug-likeness (QED) is 0.800. The second-order valence-corrected chi connectivity index (χ2v) is 2.80. The van der Waals surface area contributed by atoms with Gasteiger partial charge < -0.3 is 4.98 Å². The van der Waals surface area contributed by atoms with E-state index in [-0.39, 0.29) is 52.4 Å². The third-order valence-electron chi connectivity index (χ3n) is 1.24. The van der Waals surface area contributed by atoms with Crippen LogP contribution in [0.1, 0.15) is 8.22 Å². The maximum absolute atomic E-state index is 7.79. The topological polar surface area (TPSA) is 28.7 Å². The van der Waals surface area contributed by atoms with Gasteiger partial charge in [0, 0.05) is 22.4 Å². The molecule has 2 aromatic rings. The van der Waals surface area contributed by atoms with E-state index in [1.807, 2.05) is 0 Å². The predicted molar refractivity (Wildman–Crippen MR) is 51.7 cm³/mol. The Bertz CT molecular complexity index is 590. The number of hydrogen-bond acceptors (Lipinski definition) is 1. The molecule has 1 aromatic heterocycles. The van der Waals surface area contributed by atoms with Gasteiger partial charge in [-0.1, -0.05) is 28.0 Å². The lowest BCUT2D eigenvalue weighted by molar-refractivity contribution is 1.31. The first-order valence-electron chi connectivity index (χ1n) is 6.14. The van der Waals surface area contributed by atoms with Gasteiger partial charge in [-0.2, -0.15) is 0 Å². The van der Waals surface area contributed by atoms with E-state index in [9.17, 15) is 0 Å². The van der Waals surface area contributed by atoms with Crippen LogP contribution in [0, 0.1) is 0 Å². The highest BCUT2D eigenvalue weighted by Crippen LogP contribution is 2.17. The zero-order valence-electron chi connectivity index (χ0n) is 11.8. The zero-order valence-corrected chi connectivity index (χ0v) is 7.41.